The molecular weight excluding hydrogens is 432 g/mol. The van der Waals surface area contributed by atoms with E-state index in [9.17, 15) is 13.2 Å². The molecule has 3 rings (SSSR count). The first-order chi connectivity index (χ1) is 15.3. The number of hydrogen-bond donors (Lipinski definition) is 2. The predicted molar refractivity (Wildman–Crippen MR) is 121 cm³/mol. The van der Waals surface area contributed by atoms with E-state index in [0.29, 0.717) is 19.0 Å². The van der Waals surface area contributed by atoms with Crippen LogP contribution < -0.4 is 19.7 Å². The standard InChI is InChI=1S/C22H30N4O5S/c1-16(2)21(25-32(28,29)19-7-5-18(30-3)6-8-19)22(27)24-15-17-4-9-20(23-14-17)26-10-12-31-13-11-26/h4-9,14,16,21,25H,10-13,15H2,1-3H3,(H,24,27). The molecular formula is C22H30N4O5S. The normalized spacial score (nSPS) is 15.4. The fourth-order valence-electron chi connectivity index (χ4n) is 3.28. The maximum absolute atomic E-state index is 12.8. The lowest BCUT2D eigenvalue weighted by atomic mass is 10.0. The van der Waals surface area contributed by atoms with Crippen LogP contribution in [0.5, 0.6) is 5.75 Å². The number of aromatic nitrogens is 1. The quantitative estimate of drug-likeness (QED) is 0.582. The van der Waals surface area contributed by atoms with E-state index in [0.717, 1.165) is 24.5 Å². The van der Waals surface area contributed by atoms with E-state index in [2.05, 4.69) is 19.9 Å². The highest BCUT2D eigenvalue weighted by atomic mass is 32.2. The van der Waals surface area contributed by atoms with Crippen LogP contribution in [0.1, 0.15) is 19.4 Å². The molecule has 2 heterocycles. The van der Waals surface area contributed by atoms with Crippen molar-refractivity contribution in [2.75, 3.05) is 38.3 Å². The van der Waals surface area contributed by atoms with Crippen molar-refractivity contribution in [1.82, 2.24) is 15.0 Å². The van der Waals surface area contributed by atoms with Gasteiger partial charge in [-0.05, 0) is 41.8 Å². The summed E-state index contributed by atoms with van der Waals surface area (Å²) in [6.07, 6.45) is 1.72. The van der Waals surface area contributed by atoms with Crippen molar-refractivity contribution < 1.29 is 22.7 Å². The van der Waals surface area contributed by atoms with Crippen molar-refractivity contribution >= 4 is 21.7 Å². The first-order valence-electron chi connectivity index (χ1n) is 10.5. The molecule has 32 heavy (non-hydrogen) atoms. The Morgan fingerprint density at radius 2 is 1.84 bits per heavy atom. The zero-order valence-electron chi connectivity index (χ0n) is 18.6. The number of methoxy groups -OCH3 is 1. The molecule has 1 atom stereocenters. The van der Waals surface area contributed by atoms with Gasteiger partial charge in [0.25, 0.3) is 0 Å². The molecule has 0 aliphatic carbocycles. The summed E-state index contributed by atoms with van der Waals surface area (Å²) in [5.74, 6) is 0.783. The van der Waals surface area contributed by atoms with E-state index >= 15 is 0 Å². The summed E-state index contributed by atoms with van der Waals surface area (Å²) < 4.78 is 38.5. The summed E-state index contributed by atoms with van der Waals surface area (Å²) >= 11 is 0. The van der Waals surface area contributed by atoms with Gasteiger partial charge >= 0.3 is 0 Å². The summed E-state index contributed by atoms with van der Waals surface area (Å²) in [6.45, 7) is 6.80. The molecule has 1 aliphatic rings. The minimum atomic E-state index is -3.87. The molecule has 1 amide bonds. The SMILES string of the molecule is COc1ccc(S(=O)(=O)NC(C(=O)NCc2ccc(N3CCOCC3)nc2)C(C)C)cc1. The lowest BCUT2D eigenvalue weighted by molar-refractivity contribution is -0.123. The monoisotopic (exact) mass is 462 g/mol. The number of nitrogens with zero attached hydrogens (tertiary/aromatic N) is 2. The van der Waals surface area contributed by atoms with Crippen LogP contribution in [0.15, 0.2) is 47.5 Å². The first kappa shape index (κ1) is 24.0. The number of anilines is 1. The lowest BCUT2D eigenvalue weighted by Crippen LogP contribution is -2.49. The Labute approximate surface area is 189 Å². The Morgan fingerprint density at radius 1 is 1.16 bits per heavy atom. The zero-order chi connectivity index (χ0) is 23.1. The second kappa shape index (κ2) is 10.8. The number of sulfonamides is 1. The molecule has 0 saturated carbocycles. The van der Waals surface area contributed by atoms with Gasteiger partial charge in [0.15, 0.2) is 0 Å². The molecule has 174 valence electrons. The van der Waals surface area contributed by atoms with Crippen LogP contribution in [0.25, 0.3) is 0 Å². The molecule has 1 fully saturated rings. The number of rotatable bonds is 9. The van der Waals surface area contributed by atoms with Crippen molar-refractivity contribution in [2.24, 2.45) is 5.92 Å². The number of ether oxygens (including phenoxy) is 2. The molecule has 1 aromatic carbocycles. The number of morpholine rings is 1. The van der Waals surface area contributed by atoms with Gasteiger partial charge in [0.05, 0.1) is 25.2 Å². The van der Waals surface area contributed by atoms with E-state index in [1.54, 1.807) is 32.2 Å². The second-order valence-corrected chi connectivity index (χ2v) is 9.57. The Kier molecular flexibility index (Phi) is 8.05. The summed E-state index contributed by atoms with van der Waals surface area (Å²) in [5.41, 5.74) is 0.830. The molecule has 0 radical (unpaired) electrons. The molecule has 2 aromatic rings. The van der Waals surface area contributed by atoms with Crippen LogP contribution in [0, 0.1) is 5.92 Å². The van der Waals surface area contributed by atoms with Crippen LogP contribution in [0.3, 0.4) is 0 Å². The van der Waals surface area contributed by atoms with Crippen molar-refractivity contribution in [2.45, 2.75) is 31.3 Å². The van der Waals surface area contributed by atoms with E-state index in [-0.39, 0.29) is 17.4 Å². The number of amides is 1. The smallest absolute Gasteiger partial charge is 0.241 e. The fourth-order valence-corrected chi connectivity index (χ4v) is 4.63. The Hall–Kier alpha value is -2.69. The van der Waals surface area contributed by atoms with Crippen LogP contribution >= 0.6 is 0 Å². The van der Waals surface area contributed by atoms with Gasteiger partial charge in [-0.2, -0.15) is 4.72 Å². The number of carbonyl (C=O) groups excluding carboxylic acids is 1. The maximum atomic E-state index is 12.8. The van der Waals surface area contributed by atoms with Crippen LogP contribution in [0.2, 0.25) is 0 Å². The number of hydrogen-bond acceptors (Lipinski definition) is 7. The highest BCUT2D eigenvalue weighted by Crippen LogP contribution is 2.17. The van der Waals surface area contributed by atoms with Gasteiger partial charge < -0.3 is 19.7 Å². The summed E-state index contributed by atoms with van der Waals surface area (Å²) in [7, 11) is -2.36. The highest BCUT2D eigenvalue weighted by molar-refractivity contribution is 7.89. The molecule has 2 N–H and O–H groups in total. The van der Waals surface area contributed by atoms with Gasteiger partial charge in [0.1, 0.15) is 17.6 Å². The van der Waals surface area contributed by atoms with E-state index < -0.39 is 22.0 Å². The molecule has 1 aromatic heterocycles. The third-order valence-electron chi connectivity index (χ3n) is 5.21. The second-order valence-electron chi connectivity index (χ2n) is 7.86. The average Bonchev–Trinajstić information content (AvgIpc) is 2.82. The molecule has 1 aliphatic heterocycles. The van der Waals surface area contributed by atoms with E-state index in [4.69, 9.17) is 9.47 Å². The van der Waals surface area contributed by atoms with Gasteiger partial charge in [-0.25, -0.2) is 13.4 Å². The summed E-state index contributed by atoms with van der Waals surface area (Å²) in [6, 6.07) is 8.92. The molecule has 1 saturated heterocycles. The Morgan fingerprint density at radius 3 is 2.41 bits per heavy atom. The fraction of sp³-hybridized carbons (Fsp3) is 0.455. The van der Waals surface area contributed by atoms with Crippen molar-refractivity contribution in [3.63, 3.8) is 0 Å². The van der Waals surface area contributed by atoms with Gasteiger partial charge in [0.2, 0.25) is 15.9 Å². The largest absolute Gasteiger partial charge is 0.497 e. The summed E-state index contributed by atoms with van der Waals surface area (Å²) in [4.78, 5) is 19.5. The van der Waals surface area contributed by atoms with Gasteiger partial charge in [-0.1, -0.05) is 19.9 Å². The van der Waals surface area contributed by atoms with Crippen molar-refractivity contribution in [3.8, 4) is 5.75 Å². The lowest BCUT2D eigenvalue weighted by Gasteiger charge is -2.27. The molecule has 10 heteroatoms. The maximum Gasteiger partial charge on any atom is 0.241 e. The van der Waals surface area contributed by atoms with Gasteiger partial charge in [-0.15, -0.1) is 0 Å². The third-order valence-corrected chi connectivity index (χ3v) is 6.67. The molecule has 1 unspecified atom stereocenters. The molecule has 9 nitrogen and oxygen atoms in total. The number of nitrogens with one attached hydrogen (secondary N) is 2. The zero-order valence-corrected chi connectivity index (χ0v) is 19.4. The number of carbonyl (C=O) groups is 1. The van der Waals surface area contributed by atoms with Gasteiger partial charge in [0, 0.05) is 25.8 Å². The molecule has 0 spiro atoms. The van der Waals surface area contributed by atoms with Crippen LogP contribution in [-0.2, 0) is 26.1 Å². The minimum Gasteiger partial charge on any atom is -0.497 e. The molecule has 0 bridgehead atoms. The topological polar surface area (TPSA) is 110 Å². The van der Waals surface area contributed by atoms with Crippen LogP contribution in [-0.4, -0.2) is 58.8 Å². The average molecular weight is 463 g/mol. The van der Waals surface area contributed by atoms with E-state index in [1.165, 1.54) is 19.2 Å². The van der Waals surface area contributed by atoms with Crippen molar-refractivity contribution in [3.05, 3.63) is 48.2 Å². The minimum absolute atomic E-state index is 0.0691. The Bertz CT molecular complexity index is 988. The number of benzene rings is 1. The first-order valence-corrected chi connectivity index (χ1v) is 12.0. The van der Waals surface area contributed by atoms with Crippen LogP contribution in [0.4, 0.5) is 5.82 Å². The Balaban J connectivity index is 1.61. The number of pyridine rings is 1. The highest BCUT2D eigenvalue weighted by Gasteiger charge is 2.28. The van der Waals surface area contributed by atoms with Crippen molar-refractivity contribution in [1.29, 1.82) is 0 Å². The summed E-state index contributed by atoms with van der Waals surface area (Å²) in [5, 5.41) is 2.81. The van der Waals surface area contributed by atoms with E-state index in [1.807, 2.05) is 12.1 Å². The third kappa shape index (κ3) is 6.18. The van der Waals surface area contributed by atoms with Gasteiger partial charge in [-0.3, -0.25) is 4.79 Å². The predicted octanol–water partition coefficient (Wildman–Crippen LogP) is 1.55.